The first-order valence-electron chi connectivity index (χ1n) is 12.6. The van der Waals surface area contributed by atoms with Crippen molar-refractivity contribution in [2.45, 2.75) is 80.9 Å². The van der Waals surface area contributed by atoms with E-state index in [1.165, 1.54) is 0 Å². The van der Waals surface area contributed by atoms with Gasteiger partial charge in [0.2, 0.25) is 0 Å². The Labute approximate surface area is 250 Å². The van der Waals surface area contributed by atoms with Crippen molar-refractivity contribution in [3.05, 3.63) is 0 Å². The highest BCUT2D eigenvalue weighted by molar-refractivity contribution is 8.09. The van der Waals surface area contributed by atoms with E-state index in [-0.39, 0.29) is 30.5 Å². The zero-order chi connectivity index (χ0) is 27.3. The summed E-state index contributed by atoms with van der Waals surface area (Å²) in [5.74, 6) is 9.53. The van der Waals surface area contributed by atoms with Crippen LogP contribution in [-0.2, 0) is 0 Å². The van der Waals surface area contributed by atoms with Gasteiger partial charge in [0.05, 0.1) is 30.5 Å². The second-order valence-electron chi connectivity index (χ2n) is 9.18. The van der Waals surface area contributed by atoms with Gasteiger partial charge in [0.15, 0.2) is 0 Å². The second kappa shape index (κ2) is 25.0. The van der Waals surface area contributed by atoms with Crippen LogP contribution in [0.2, 0.25) is 0 Å². The van der Waals surface area contributed by atoms with Gasteiger partial charge in [0.25, 0.3) is 0 Å². The average Bonchev–Trinajstić information content (AvgIpc) is 2.75. The molecule has 0 radical (unpaired) electrons. The van der Waals surface area contributed by atoms with E-state index in [1.54, 1.807) is 35.3 Å². The number of hydrogen-bond acceptors (Lipinski definition) is 12. The molecular weight excluding hydrogens is 593 g/mol. The molecule has 0 aromatic rings. The molecule has 12 heteroatoms. The zero-order valence-electron chi connectivity index (χ0n) is 22.5. The zero-order valence-corrected chi connectivity index (χ0v) is 28.2. The molecule has 7 unspecified atom stereocenters. The van der Waals surface area contributed by atoms with Crippen molar-refractivity contribution in [1.29, 1.82) is 0 Å². The van der Waals surface area contributed by atoms with E-state index in [0.717, 1.165) is 63.3 Å². The fourth-order valence-corrected chi connectivity index (χ4v) is 12.5. The number of aliphatic hydroxyl groups is 5. The Balaban J connectivity index is 5.37. The molecule has 0 fully saturated rings. The molecule has 218 valence electrons. The number of rotatable bonds is 25. The van der Waals surface area contributed by atoms with Gasteiger partial charge in [-0.05, 0) is 34.6 Å². The summed E-state index contributed by atoms with van der Waals surface area (Å²) in [4.78, 5) is 0. The Bertz CT molecular complexity index is 474. The summed E-state index contributed by atoms with van der Waals surface area (Å²) in [5, 5.41) is 49.9. The molecule has 0 heterocycles. The quantitative estimate of drug-likeness (QED) is 0.0926. The molecule has 7 atom stereocenters. The van der Waals surface area contributed by atoms with Crippen LogP contribution in [0, 0.1) is 0 Å². The minimum atomic E-state index is -0.327. The maximum atomic E-state index is 9.83. The highest BCUT2D eigenvalue weighted by Crippen LogP contribution is 2.35. The maximum Gasteiger partial charge on any atom is 0.0602 e. The van der Waals surface area contributed by atoms with Gasteiger partial charge in [-0.15, -0.1) is 0 Å². The van der Waals surface area contributed by atoms with Gasteiger partial charge in [-0.2, -0.15) is 82.3 Å². The Hall–Kier alpha value is 2.25. The normalized spacial score (nSPS) is 18.8. The van der Waals surface area contributed by atoms with Crippen LogP contribution in [0.5, 0.6) is 0 Å². The maximum absolute atomic E-state index is 9.83. The van der Waals surface area contributed by atoms with Gasteiger partial charge in [-0.3, -0.25) is 0 Å². The predicted molar refractivity (Wildman–Crippen MR) is 176 cm³/mol. The minimum Gasteiger partial charge on any atom is -0.393 e. The number of hydrogen-bond donors (Lipinski definition) is 5. The molecule has 0 amide bonds. The van der Waals surface area contributed by atoms with Crippen LogP contribution in [0.4, 0.5) is 0 Å². The van der Waals surface area contributed by atoms with Crippen LogP contribution < -0.4 is 0 Å². The second-order valence-corrected chi connectivity index (χ2v) is 17.5. The van der Waals surface area contributed by atoms with Crippen LogP contribution in [0.15, 0.2) is 0 Å². The van der Waals surface area contributed by atoms with E-state index in [9.17, 15) is 25.5 Å². The Kier molecular flexibility index (Phi) is 26.6. The smallest absolute Gasteiger partial charge is 0.0602 e. The van der Waals surface area contributed by atoms with E-state index < -0.39 is 0 Å². The third-order valence-electron chi connectivity index (χ3n) is 4.31. The summed E-state index contributed by atoms with van der Waals surface area (Å²) >= 11 is 13.0. The summed E-state index contributed by atoms with van der Waals surface area (Å²) in [6.07, 6.45) is -1.56. The molecule has 0 rings (SSSR count). The summed E-state index contributed by atoms with van der Waals surface area (Å²) in [7, 11) is 0. The van der Waals surface area contributed by atoms with Crippen LogP contribution in [0.1, 0.15) is 34.6 Å². The highest BCUT2D eigenvalue weighted by atomic mass is 32.2. The van der Waals surface area contributed by atoms with Crippen molar-refractivity contribution >= 4 is 82.3 Å². The molecule has 0 saturated heterocycles. The molecule has 36 heavy (non-hydrogen) atoms. The average molecular weight is 643 g/mol. The third kappa shape index (κ3) is 25.2. The van der Waals surface area contributed by atoms with E-state index in [0.29, 0.717) is 15.7 Å². The first kappa shape index (κ1) is 38.2. The lowest BCUT2D eigenvalue weighted by Crippen LogP contribution is -2.31. The SMILES string of the molecule is CC(O)CSCCSC(CSCC(C)O)C(CSCC(C)O)SC(CSCC(C)O)CSCC(C)O. The predicted octanol–water partition coefficient (Wildman–Crippen LogP) is 4.13. The van der Waals surface area contributed by atoms with Gasteiger partial charge in [0, 0.05) is 79.0 Å². The monoisotopic (exact) mass is 642 g/mol. The van der Waals surface area contributed by atoms with Crippen molar-refractivity contribution in [2.24, 2.45) is 0 Å². The standard InChI is InChI=1S/C24H50O5S7/c1-17(25)8-30-6-7-35-23(15-33-11-20(4)28)24(16-34-12-21(5)29)36-22(13-31-9-18(2)26)14-32-10-19(3)27/h17-29H,6-16H2,1-5H3. The summed E-state index contributed by atoms with van der Waals surface area (Å²) in [5.41, 5.74) is 0. The Morgan fingerprint density at radius 3 is 1.19 bits per heavy atom. The Morgan fingerprint density at radius 1 is 0.417 bits per heavy atom. The summed E-state index contributed by atoms with van der Waals surface area (Å²) < 4.78 is 0. The van der Waals surface area contributed by atoms with Gasteiger partial charge < -0.3 is 25.5 Å². The van der Waals surface area contributed by atoms with Crippen LogP contribution >= 0.6 is 82.3 Å². The lowest BCUT2D eigenvalue weighted by atomic mass is 10.3. The van der Waals surface area contributed by atoms with Crippen LogP contribution in [0.25, 0.3) is 0 Å². The van der Waals surface area contributed by atoms with E-state index >= 15 is 0 Å². The van der Waals surface area contributed by atoms with Crippen LogP contribution in [0.3, 0.4) is 0 Å². The van der Waals surface area contributed by atoms with E-state index in [4.69, 9.17) is 0 Å². The lowest BCUT2D eigenvalue weighted by molar-refractivity contribution is 0.220. The molecule has 0 spiro atoms. The molecule has 0 aliphatic carbocycles. The van der Waals surface area contributed by atoms with E-state index in [2.05, 4.69) is 0 Å². The molecular formula is C24H50O5S7. The van der Waals surface area contributed by atoms with Crippen molar-refractivity contribution < 1.29 is 25.5 Å². The topological polar surface area (TPSA) is 101 Å². The molecule has 0 aromatic carbocycles. The van der Waals surface area contributed by atoms with E-state index in [1.807, 2.05) is 81.7 Å². The molecule has 0 aliphatic heterocycles. The fourth-order valence-electron chi connectivity index (χ4n) is 2.83. The lowest BCUT2D eigenvalue weighted by Gasteiger charge is -2.30. The van der Waals surface area contributed by atoms with Crippen molar-refractivity contribution in [3.8, 4) is 0 Å². The van der Waals surface area contributed by atoms with Crippen molar-refractivity contribution in [1.82, 2.24) is 0 Å². The van der Waals surface area contributed by atoms with Gasteiger partial charge in [-0.1, -0.05) is 0 Å². The largest absolute Gasteiger partial charge is 0.393 e. The van der Waals surface area contributed by atoms with Gasteiger partial charge in [-0.25, -0.2) is 0 Å². The summed E-state index contributed by atoms with van der Waals surface area (Å²) in [6.45, 7) is 9.15. The number of aliphatic hydroxyl groups excluding tert-OH is 5. The molecule has 0 bridgehead atoms. The molecule has 0 aliphatic rings. The van der Waals surface area contributed by atoms with Crippen molar-refractivity contribution in [2.75, 3.05) is 63.3 Å². The molecule has 5 N–H and O–H groups in total. The van der Waals surface area contributed by atoms with Crippen LogP contribution in [-0.4, -0.2) is 135 Å². The molecule has 0 aromatic heterocycles. The highest BCUT2D eigenvalue weighted by Gasteiger charge is 2.27. The first-order valence-corrected chi connectivity index (χ1v) is 20.3. The number of thioether (sulfide) groups is 7. The van der Waals surface area contributed by atoms with Crippen molar-refractivity contribution in [3.63, 3.8) is 0 Å². The third-order valence-corrected chi connectivity index (χ3v) is 15.1. The fraction of sp³-hybridized carbons (Fsp3) is 1.00. The molecule has 5 nitrogen and oxygen atoms in total. The Morgan fingerprint density at radius 2 is 0.778 bits per heavy atom. The summed E-state index contributed by atoms with van der Waals surface area (Å²) in [6, 6.07) is 0. The molecule has 0 saturated carbocycles. The minimum absolute atomic E-state index is 0.281. The van der Waals surface area contributed by atoms with Gasteiger partial charge in [0.1, 0.15) is 0 Å². The van der Waals surface area contributed by atoms with Gasteiger partial charge >= 0.3 is 0 Å². The first-order chi connectivity index (χ1) is 17.0.